The number of aryl methyl sites for hydroxylation is 2. The topological polar surface area (TPSA) is 90.8 Å². The summed E-state index contributed by atoms with van der Waals surface area (Å²) in [7, 11) is 0. The maximum atomic E-state index is 12.8. The molecule has 1 N–H and O–H groups in total. The highest BCUT2D eigenvalue weighted by Gasteiger charge is 2.22. The summed E-state index contributed by atoms with van der Waals surface area (Å²) in [6.07, 6.45) is 5.01. The van der Waals surface area contributed by atoms with Crippen LogP contribution in [0.25, 0.3) is 0 Å². The molecule has 0 saturated heterocycles. The van der Waals surface area contributed by atoms with Gasteiger partial charge in [0.25, 0.3) is 5.91 Å². The maximum Gasteiger partial charge on any atom is 0.279 e. The Hall–Kier alpha value is -2.91. The van der Waals surface area contributed by atoms with E-state index in [0.29, 0.717) is 39.7 Å². The molecule has 30 heavy (non-hydrogen) atoms. The molecule has 1 amide bonds. The maximum absolute atomic E-state index is 12.8. The van der Waals surface area contributed by atoms with Crippen LogP contribution in [0.2, 0.25) is 5.02 Å². The monoisotopic (exact) mass is 488 g/mol. The lowest BCUT2D eigenvalue weighted by Crippen LogP contribution is -2.17. The molecule has 0 aliphatic heterocycles. The van der Waals surface area contributed by atoms with Crippen molar-refractivity contribution in [3.05, 3.63) is 80.5 Å². The Labute approximate surface area is 185 Å². The highest BCUT2D eigenvalue weighted by Crippen LogP contribution is 2.23. The zero-order valence-electron chi connectivity index (χ0n) is 16.3. The number of amides is 1. The third-order valence-electron chi connectivity index (χ3n) is 4.54. The Kier molecular flexibility index (Phi) is 5.74. The van der Waals surface area contributed by atoms with Crippen LogP contribution in [0.5, 0.6) is 0 Å². The van der Waals surface area contributed by atoms with Gasteiger partial charge >= 0.3 is 0 Å². The summed E-state index contributed by atoms with van der Waals surface area (Å²) < 4.78 is 9.28. The number of rotatable bonds is 6. The summed E-state index contributed by atoms with van der Waals surface area (Å²) in [5, 5.41) is 15.8. The molecule has 0 bridgehead atoms. The van der Waals surface area contributed by atoms with E-state index in [2.05, 4.69) is 60.9 Å². The van der Waals surface area contributed by atoms with Gasteiger partial charge in [0.1, 0.15) is 5.76 Å². The van der Waals surface area contributed by atoms with E-state index in [4.69, 9.17) is 16.1 Å². The predicted molar refractivity (Wildman–Crippen MR) is 116 cm³/mol. The minimum absolute atomic E-state index is 0.180. The normalized spacial score (nSPS) is 11.1. The van der Waals surface area contributed by atoms with Crippen molar-refractivity contribution in [3.63, 3.8) is 0 Å². The van der Waals surface area contributed by atoms with Crippen molar-refractivity contribution in [3.8, 4) is 0 Å². The first-order valence-corrected chi connectivity index (χ1v) is 10.3. The first-order chi connectivity index (χ1) is 14.4. The molecule has 0 aliphatic carbocycles. The fraction of sp³-hybridized carbons (Fsp3) is 0.200. The van der Waals surface area contributed by atoms with E-state index in [1.807, 2.05) is 13.1 Å². The van der Waals surface area contributed by atoms with Crippen molar-refractivity contribution in [1.29, 1.82) is 0 Å². The number of halogens is 2. The predicted octanol–water partition coefficient (Wildman–Crippen LogP) is 4.45. The van der Waals surface area contributed by atoms with Crippen molar-refractivity contribution in [2.24, 2.45) is 0 Å². The van der Waals surface area contributed by atoms with Gasteiger partial charge in [0.05, 0.1) is 28.8 Å². The van der Waals surface area contributed by atoms with E-state index >= 15 is 0 Å². The number of carbonyl (C=O) groups is 1. The van der Waals surface area contributed by atoms with Gasteiger partial charge in [0.2, 0.25) is 0 Å². The quantitative estimate of drug-likeness (QED) is 0.432. The van der Waals surface area contributed by atoms with Crippen LogP contribution in [0.3, 0.4) is 0 Å². The second-order valence-corrected chi connectivity index (χ2v) is 8.18. The zero-order chi connectivity index (χ0) is 21.3. The van der Waals surface area contributed by atoms with Gasteiger partial charge in [-0.15, -0.1) is 0 Å². The Bertz CT molecular complexity index is 1190. The van der Waals surface area contributed by atoms with Crippen molar-refractivity contribution in [2.75, 3.05) is 5.32 Å². The summed E-state index contributed by atoms with van der Waals surface area (Å²) in [6, 6.07) is 8.21. The van der Waals surface area contributed by atoms with Crippen molar-refractivity contribution < 1.29 is 9.32 Å². The van der Waals surface area contributed by atoms with Crippen LogP contribution in [-0.4, -0.2) is 30.6 Å². The van der Waals surface area contributed by atoms with Crippen LogP contribution >= 0.6 is 27.5 Å². The molecule has 1 aromatic carbocycles. The molecule has 0 fully saturated rings. The van der Waals surface area contributed by atoms with Crippen LogP contribution in [0, 0.1) is 13.8 Å². The Balaban J connectivity index is 1.50. The fourth-order valence-electron chi connectivity index (χ4n) is 2.95. The highest BCUT2D eigenvalue weighted by atomic mass is 79.9. The molecule has 154 valence electrons. The molecule has 4 rings (SSSR count). The lowest BCUT2D eigenvalue weighted by molar-refractivity contribution is 0.101. The fourth-order valence-corrected chi connectivity index (χ4v) is 3.52. The largest absolute Gasteiger partial charge is 0.361 e. The number of nitrogens with one attached hydrogen (secondary N) is 1. The Morgan fingerprint density at radius 2 is 1.93 bits per heavy atom. The molecule has 0 aliphatic rings. The van der Waals surface area contributed by atoms with Gasteiger partial charge in [-0.1, -0.05) is 46.6 Å². The van der Waals surface area contributed by atoms with Gasteiger partial charge in [-0.25, -0.2) is 0 Å². The molecule has 3 aromatic heterocycles. The van der Waals surface area contributed by atoms with Gasteiger partial charge in [-0.2, -0.15) is 10.2 Å². The molecular weight excluding hydrogens is 472 g/mol. The summed E-state index contributed by atoms with van der Waals surface area (Å²) in [6.45, 7) is 4.69. The molecule has 0 saturated carbocycles. The molecule has 4 aromatic rings. The number of hydrogen-bond donors (Lipinski definition) is 1. The summed E-state index contributed by atoms with van der Waals surface area (Å²) in [5.74, 6) is 0.526. The molecular formula is C20H18BrClN6O2. The van der Waals surface area contributed by atoms with Gasteiger partial charge in [0, 0.05) is 18.0 Å². The summed E-state index contributed by atoms with van der Waals surface area (Å²) in [4.78, 5) is 12.8. The number of aromatic nitrogens is 5. The highest BCUT2D eigenvalue weighted by molar-refractivity contribution is 9.10. The van der Waals surface area contributed by atoms with E-state index in [1.54, 1.807) is 22.5 Å². The van der Waals surface area contributed by atoms with E-state index < -0.39 is 5.91 Å². The van der Waals surface area contributed by atoms with Crippen molar-refractivity contribution in [1.82, 2.24) is 24.7 Å². The van der Waals surface area contributed by atoms with Gasteiger partial charge in [0.15, 0.2) is 11.5 Å². The standard InChI is InChI=1S/C20H18BrClN6O2/c1-12-3-5-14(6-4-12)8-28-11-17(21)19(25-28)24-20(29)18-16(13(2)30-26-18)10-27-9-15(22)7-23-27/h3-7,9,11H,8,10H2,1-2H3,(H,24,25,29). The zero-order valence-corrected chi connectivity index (χ0v) is 18.6. The molecule has 0 radical (unpaired) electrons. The minimum atomic E-state index is -0.415. The summed E-state index contributed by atoms with van der Waals surface area (Å²) in [5.41, 5.74) is 3.12. The number of hydrogen-bond acceptors (Lipinski definition) is 5. The number of benzene rings is 1. The molecule has 10 heteroatoms. The van der Waals surface area contributed by atoms with Crippen molar-refractivity contribution >= 4 is 39.3 Å². The number of carbonyl (C=O) groups excluding carboxylic acids is 1. The average Bonchev–Trinajstić information content (AvgIpc) is 3.38. The first-order valence-electron chi connectivity index (χ1n) is 9.12. The Morgan fingerprint density at radius 3 is 2.63 bits per heavy atom. The lowest BCUT2D eigenvalue weighted by Gasteiger charge is -2.04. The Morgan fingerprint density at radius 1 is 1.17 bits per heavy atom. The lowest BCUT2D eigenvalue weighted by atomic mass is 10.1. The smallest absolute Gasteiger partial charge is 0.279 e. The van der Waals surface area contributed by atoms with Gasteiger partial charge in [-0.3, -0.25) is 14.2 Å². The second kappa shape index (κ2) is 8.45. The van der Waals surface area contributed by atoms with Crippen LogP contribution in [-0.2, 0) is 13.1 Å². The third kappa shape index (κ3) is 4.47. The van der Waals surface area contributed by atoms with E-state index in [9.17, 15) is 4.79 Å². The molecule has 0 spiro atoms. The molecule has 0 atom stereocenters. The molecule has 8 nitrogen and oxygen atoms in total. The van der Waals surface area contributed by atoms with Crippen LogP contribution in [0.1, 0.15) is 32.9 Å². The van der Waals surface area contributed by atoms with Crippen LogP contribution in [0.4, 0.5) is 5.82 Å². The van der Waals surface area contributed by atoms with Gasteiger partial charge in [-0.05, 0) is 35.3 Å². The number of anilines is 1. The first kappa shape index (κ1) is 20.4. The third-order valence-corrected chi connectivity index (χ3v) is 5.31. The van der Waals surface area contributed by atoms with E-state index in [1.165, 1.54) is 11.8 Å². The van der Waals surface area contributed by atoms with Crippen LogP contribution < -0.4 is 5.32 Å². The average molecular weight is 490 g/mol. The molecule has 0 unspecified atom stereocenters. The minimum Gasteiger partial charge on any atom is -0.361 e. The van der Waals surface area contributed by atoms with Crippen LogP contribution in [0.15, 0.2) is 51.9 Å². The molecule has 3 heterocycles. The van der Waals surface area contributed by atoms with Gasteiger partial charge < -0.3 is 9.84 Å². The summed E-state index contributed by atoms with van der Waals surface area (Å²) >= 11 is 9.37. The van der Waals surface area contributed by atoms with Crippen molar-refractivity contribution in [2.45, 2.75) is 26.9 Å². The number of nitrogens with zero attached hydrogens (tertiary/aromatic N) is 5. The SMILES string of the molecule is Cc1ccc(Cn2cc(Br)c(NC(=O)c3noc(C)c3Cn3cc(Cl)cn3)n2)cc1. The van der Waals surface area contributed by atoms with E-state index in [-0.39, 0.29) is 5.69 Å². The second-order valence-electron chi connectivity index (χ2n) is 6.88. The van der Waals surface area contributed by atoms with E-state index in [0.717, 1.165) is 5.56 Å².